The van der Waals surface area contributed by atoms with E-state index in [4.69, 9.17) is 14.4 Å². The quantitative estimate of drug-likeness (QED) is 0.288. The standard InChI is InChI=1S/C20H18N4O9/c1-23(20(28)29)7-6-21-19(27)14-10-17(33-22-14)18-15(26)8-12(25)9-16(18)32-13-4-2-11(3-5-13)24(30)31/h2-5,8-10,25-26H,6-7H2,1H3,(H,21,27)(H,28,29). The monoisotopic (exact) mass is 458 g/mol. The van der Waals surface area contributed by atoms with Crippen LogP contribution in [0.2, 0.25) is 0 Å². The van der Waals surface area contributed by atoms with E-state index in [9.17, 15) is 29.9 Å². The molecule has 3 aromatic rings. The van der Waals surface area contributed by atoms with E-state index in [1.165, 1.54) is 43.4 Å². The van der Waals surface area contributed by atoms with E-state index >= 15 is 0 Å². The third kappa shape index (κ3) is 5.46. The van der Waals surface area contributed by atoms with Crippen LogP contribution >= 0.6 is 0 Å². The van der Waals surface area contributed by atoms with Gasteiger partial charge in [-0.25, -0.2) is 4.79 Å². The van der Waals surface area contributed by atoms with Crippen LogP contribution in [0.15, 0.2) is 47.0 Å². The molecule has 172 valence electrons. The fourth-order valence-corrected chi connectivity index (χ4v) is 2.70. The third-order valence-corrected chi connectivity index (χ3v) is 4.39. The Balaban J connectivity index is 1.82. The van der Waals surface area contributed by atoms with Crippen LogP contribution in [-0.4, -0.2) is 62.4 Å². The van der Waals surface area contributed by atoms with Crippen molar-refractivity contribution in [2.75, 3.05) is 20.1 Å². The number of carbonyl (C=O) groups is 2. The summed E-state index contributed by atoms with van der Waals surface area (Å²) in [6.07, 6.45) is -1.14. The van der Waals surface area contributed by atoms with Gasteiger partial charge in [0.05, 0.1) is 4.92 Å². The number of carboxylic acid groups (broad SMARTS) is 1. The highest BCUT2D eigenvalue weighted by molar-refractivity contribution is 5.93. The van der Waals surface area contributed by atoms with E-state index in [2.05, 4.69) is 10.5 Å². The van der Waals surface area contributed by atoms with Crippen molar-refractivity contribution < 1.29 is 39.1 Å². The van der Waals surface area contributed by atoms with Crippen LogP contribution in [0.3, 0.4) is 0 Å². The van der Waals surface area contributed by atoms with Gasteiger partial charge in [0.15, 0.2) is 11.5 Å². The van der Waals surface area contributed by atoms with Crippen molar-refractivity contribution in [3.8, 4) is 34.3 Å². The highest BCUT2D eigenvalue weighted by Gasteiger charge is 2.22. The lowest BCUT2D eigenvalue weighted by molar-refractivity contribution is -0.384. The highest BCUT2D eigenvalue weighted by atomic mass is 16.6. The zero-order valence-electron chi connectivity index (χ0n) is 17.1. The predicted molar refractivity (Wildman–Crippen MR) is 111 cm³/mol. The first kappa shape index (κ1) is 22.9. The number of likely N-dealkylation sites (N-methyl/N-ethyl adjacent to an activating group) is 1. The first-order valence-corrected chi connectivity index (χ1v) is 9.33. The van der Waals surface area contributed by atoms with Crippen molar-refractivity contribution in [3.63, 3.8) is 0 Å². The Hall–Kier alpha value is -4.81. The molecule has 1 heterocycles. The summed E-state index contributed by atoms with van der Waals surface area (Å²) in [5.41, 5.74) is -0.318. The number of hydrogen-bond donors (Lipinski definition) is 4. The van der Waals surface area contributed by atoms with E-state index in [0.29, 0.717) is 0 Å². The Kier molecular flexibility index (Phi) is 6.62. The lowest BCUT2D eigenvalue weighted by atomic mass is 10.1. The van der Waals surface area contributed by atoms with Crippen molar-refractivity contribution >= 4 is 17.7 Å². The molecule has 0 atom stereocenters. The molecule has 0 aliphatic rings. The maximum absolute atomic E-state index is 12.3. The molecule has 0 radical (unpaired) electrons. The van der Waals surface area contributed by atoms with Gasteiger partial charge in [-0.2, -0.15) is 0 Å². The van der Waals surface area contributed by atoms with Gasteiger partial charge >= 0.3 is 6.09 Å². The number of benzene rings is 2. The molecular formula is C20H18N4O9. The van der Waals surface area contributed by atoms with E-state index in [1.807, 2.05) is 0 Å². The second-order valence-corrected chi connectivity index (χ2v) is 6.73. The summed E-state index contributed by atoms with van der Waals surface area (Å²) in [6, 6.07) is 8.53. The maximum atomic E-state index is 12.3. The molecule has 0 spiro atoms. The zero-order valence-corrected chi connectivity index (χ0v) is 17.1. The third-order valence-electron chi connectivity index (χ3n) is 4.39. The van der Waals surface area contributed by atoms with Crippen LogP contribution in [0.25, 0.3) is 11.3 Å². The number of nitrogens with zero attached hydrogens (tertiary/aromatic N) is 3. The summed E-state index contributed by atoms with van der Waals surface area (Å²) in [5, 5.41) is 45.9. The van der Waals surface area contributed by atoms with E-state index in [-0.39, 0.29) is 53.0 Å². The molecule has 0 unspecified atom stereocenters. The largest absolute Gasteiger partial charge is 0.508 e. The van der Waals surface area contributed by atoms with Gasteiger partial charge in [-0.3, -0.25) is 14.9 Å². The number of nitro groups is 1. The minimum atomic E-state index is -1.14. The molecule has 0 aliphatic heterocycles. The van der Waals surface area contributed by atoms with Gasteiger partial charge in [0.25, 0.3) is 11.6 Å². The Labute approximate surface area is 185 Å². The molecule has 0 saturated carbocycles. The number of nitrogens with one attached hydrogen (secondary N) is 1. The summed E-state index contributed by atoms with van der Waals surface area (Å²) in [5.74, 6) is -1.34. The van der Waals surface area contributed by atoms with E-state index in [1.54, 1.807) is 0 Å². The topological polar surface area (TPSA) is 188 Å². The van der Waals surface area contributed by atoms with Crippen LogP contribution in [0.1, 0.15) is 10.5 Å². The van der Waals surface area contributed by atoms with Crippen LogP contribution in [-0.2, 0) is 0 Å². The van der Waals surface area contributed by atoms with Gasteiger partial charge in [-0.05, 0) is 12.1 Å². The van der Waals surface area contributed by atoms with Gasteiger partial charge in [-0.15, -0.1) is 0 Å². The Bertz CT molecular complexity index is 1190. The first-order chi connectivity index (χ1) is 15.7. The first-order valence-electron chi connectivity index (χ1n) is 9.33. The number of aromatic nitrogens is 1. The highest BCUT2D eigenvalue weighted by Crippen LogP contribution is 2.43. The maximum Gasteiger partial charge on any atom is 0.407 e. The summed E-state index contributed by atoms with van der Waals surface area (Å²) in [7, 11) is 1.35. The smallest absolute Gasteiger partial charge is 0.407 e. The zero-order chi connectivity index (χ0) is 24.1. The number of amides is 2. The van der Waals surface area contributed by atoms with Crippen LogP contribution in [0.4, 0.5) is 10.5 Å². The van der Waals surface area contributed by atoms with Crippen molar-refractivity contribution in [2.24, 2.45) is 0 Å². The molecule has 13 heteroatoms. The van der Waals surface area contributed by atoms with Crippen molar-refractivity contribution in [2.45, 2.75) is 0 Å². The Morgan fingerprint density at radius 1 is 1.21 bits per heavy atom. The summed E-state index contributed by atoms with van der Waals surface area (Å²) in [4.78, 5) is 34.2. The van der Waals surface area contributed by atoms with Crippen LogP contribution in [0, 0.1) is 10.1 Å². The molecule has 33 heavy (non-hydrogen) atoms. The number of rotatable bonds is 8. The fraction of sp³-hybridized carbons (Fsp3) is 0.150. The van der Waals surface area contributed by atoms with Gasteiger partial charge < -0.3 is 34.8 Å². The lowest BCUT2D eigenvalue weighted by Crippen LogP contribution is -2.35. The number of non-ortho nitro benzene ring substituents is 1. The normalized spacial score (nSPS) is 10.5. The average molecular weight is 458 g/mol. The molecule has 0 aliphatic carbocycles. The SMILES string of the molecule is CN(CCNC(=O)c1cc(-c2c(O)cc(O)cc2Oc2ccc([N+](=O)[O-])cc2)on1)C(=O)O. The number of aromatic hydroxyl groups is 2. The number of nitro benzene ring substituents is 1. The van der Waals surface area contributed by atoms with Crippen LogP contribution in [0.5, 0.6) is 23.0 Å². The molecule has 0 saturated heterocycles. The average Bonchev–Trinajstić information content (AvgIpc) is 3.23. The van der Waals surface area contributed by atoms with Gasteiger partial charge in [0.2, 0.25) is 0 Å². The fourth-order valence-electron chi connectivity index (χ4n) is 2.70. The second-order valence-electron chi connectivity index (χ2n) is 6.73. The van der Waals surface area contributed by atoms with Crippen LogP contribution < -0.4 is 10.1 Å². The molecule has 2 aromatic carbocycles. The molecule has 1 aromatic heterocycles. The minimum Gasteiger partial charge on any atom is -0.508 e. The summed E-state index contributed by atoms with van der Waals surface area (Å²) >= 11 is 0. The van der Waals surface area contributed by atoms with Gasteiger partial charge in [0.1, 0.15) is 28.6 Å². The number of hydrogen-bond acceptors (Lipinski definition) is 9. The number of phenols is 2. The summed E-state index contributed by atoms with van der Waals surface area (Å²) < 4.78 is 10.8. The summed E-state index contributed by atoms with van der Waals surface area (Å²) in [6.45, 7) is 0.0839. The molecule has 3 rings (SSSR count). The molecule has 0 fully saturated rings. The number of phenolic OH excluding ortho intramolecular Hbond substituents is 2. The molecule has 2 amide bonds. The molecular weight excluding hydrogens is 440 g/mol. The van der Waals surface area contributed by atoms with Gasteiger partial charge in [-0.1, -0.05) is 5.16 Å². The van der Waals surface area contributed by atoms with E-state index < -0.39 is 22.7 Å². The second kappa shape index (κ2) is 9.55. The van der Waals surface area contributed by atoms with Gasteiger partial charge in [0, 0.05) is 50.5 Å². The van der Waals surface area contributed by atoms with Crippen molar-refractivity contribution in [1.82, 2.24) is 15.4 Å². The van der Waals surface area contributed by atoms with E-state index in [0.717, 1.165) is 11.0 Å². The van der Waals surface area contributed by atoms with Crippen molar-refractivity contribution in [3.05, 3.63) is 58.3 Å². The number of carbonyl (C=O) groups excluding carboxylic acids is 1. The Morgan fingerprint density at radius 3 is 2.55 bits per heavy atom. The lowest BCUT2D eigenvalue weighted by Gasteiger charge is -2.12. The van der Waals surface area contributed by atoms with Crippen molar-refractivity contribution in [1.29, 1.82) is 0 Å². The molecule has 13 nitrogen and oxygen atoms in total. The number of ether oxygens (including phenoxy) is 1. The predicted octanol–water partition coefficient (Wildman–Crippen LogP) is 2.79. The Morgan fingerprint density at radius 2 is 1.91 bits per heavy atom. The minimum absolute atomic E-state index is 0.0247. The molecule has 4 N–H and O–H groups in total. The molecule has 0 bridgehead atoms.